The highest BCUT2D eigenvalue weighted by atomic mass is 35.5. The molecule has 0 atom stereocenters. The van der Waals surface area contributed by atoms with E-state index in [0.29, 0.717) is 33.3 Å². The van der Waals surface area contributed by atoms with Gasteiger partial charge in [-0.1, -0.05) is 41.4 Å². The standard InChI is InChI=1S/C20H19Cl2N3O/c1-24(2)11-12-25-19(10-5-14-3-6-15(21)7-4-14)23-18-13-16(22)8-9-17(18)20(25)26/h3-10,13H,11-12H2,1-2H3/b10-5+. The van der Waals surface area contributed by atoms with Crippen LogP contribution in [0.15, 0.2) is 47.3 Å². The first-order valence-electron chi connectivity index (χ1n) is 8.22. The van der Waals surface area contributed by atoms with Crippen molar-refractivity contribution in [3.63, 3.8) is 0 Å². The lowest BCUT2D eigenvalue weighted by Crippen LogP contribution is -2.29. The molecule has 0 fully saturated rings. The zero-order valence-electron chi connectivity index (χ0n) is 14.6. The summed E-state index contributed by atoms with van der Waals surface area (Å²) in [5.41, 5.74) is 1.51. The molecular formula is C20H19Cl2N3O. The van der Waals surface area contributed by atoms with E-state index in [1.807, 2.05) is 55.4 Å². The van der Waals surface area contributed by atoms with E-state index in [1.165, 1.54) is 0 Å². The molecule has 3 aromatic rings. The number of likely N-dealkylation sites (N-methyl/N-ethyl adjacent to an activating group) is 1. The van der Waals surface area contributed by atoms with E-state index in [9.17, 15) is 4.79 Å². The van der Waals surface area contributed by atoms with Gasteiger partial charge in [0, 0.05) is 23.1 Å². The fourth-order valence-corrected chi connectivity index (χ4v) is 2.89. The maximum atomic E-state index is 12.9. The van der Waals surface area contributed by atoms with Gasteiger partial charge in [0.15, 0.2) is 0 Å². The first-order valence-corrected chi connectivity index (χ1v) is 8.98. The minimum absolute atomic E-state index is 0.0655. The number of fused-ring (bicyclic) bond motifs is 1. The molecule has 0 N–H and O–H groups in total. The highest BCUT2D eigenvalue weighted by Crippen LogP contribution is 2.17. The van der Waals surface area contributed by atoms with Gasteiger partial charge in [0.25, 0.3) is 5.56 Å². The van der Waals surface area contributed by atoms with E-state index < -0.39 is 0 Å². The molecule has 0 saturated carbocycles. The van der Waals surface area contributed by atoms with Gasteiger partial charge in [-0.05, 0) is 56.1 Å². The van der Waals surface area contributed by atoms with Crippen molar-refractivity contribution in [2.45, 2.75) is 6.54 Å². The Balaban J connectivity index is 2.09. The van der Waals surface area contributed by atoms with Crippen LogP contribution in [0.4, 0.5) is 0 Å². The molecule has 0 aliphatic rings. The average Bonchev–Trinajstić information content (AvgIpc) is 2.60. The highest BCUT2D eigenvalue weighted by molar-refractivity contribution is 6.31. The third-order valence-corrected chi connectivity index (χ3v) is 4.50. The number of hydrogen-bond donors (Lipinski definition) is 0. The largest absolute Gasteiger partial charge is 0.308 e. The van der Waals surface area contributed by atoms with Crippen molar-refractivity contribution < 1.29 is 0 Å². The van der Waals surface area contributed by atoms with E-state index in [1.54, 1.807) is 22.8 Å². The van der Waals surface area contributed by atoms with Crippen LogP contribution in [0.2, 0.25) is 10.0 Å². The number of hydrogen-bond acceptors (Lipinski definition) is 3. The van der Waals surface area contributed by atoms with Crippen LogP contribution in [0.5, 0.6) is 0 Å². The summed E-state index contributed by atoms with van der Waals surface area (Å²) in [5.74, 6) is 0.599. The Morgan fingerprint density at radius 1 is 1.04 bits per heavy atom. The number of aromatic nitrogens is 2. The SMILES string of the molecule is CN(C)CCn1c(/C=C/c2ccc(Cl)cc2)nc2cc(Cl)ccc2c1=O. The molecule has 0 aliphatic heterocycles. The molecule has 0 radical (unpaired) electrons. The lowest BCUT2D eigenvalue weighted by molar-refractivity contribution is 0.379. The van der Waals surface area contributed by atoms with Gasteiger partial charge in [0.05, 0.1) is 10.9 Å². The summed E-state index contributed by atoms with van der Waals surface area (Å²) in [6, 6.07) is 12.6. The van der Waals surface area contributed by atoms with Crippen LogP contribution in [0.3, 0.4) is 0 Å². The number of rotatable bonds is 5. The first kappa shape index (κ1) is 18.6. The Hall–Kier alpha value is -2.14. The zero-order valence-corrected chi connectivity index (χ0v) is 16.1. The Kier molecular flexibility index (Phi) is 5.77. The van der Waals surface area contributed by atoms with Crippen LogP contribution in [-0.2, 0) is 6.54 Å². The van der Waals surface area contributed by atoms with Gasteiger partial charge >= 0.3 is 0 Å². The van der Waals surface area contributed by atoms with Crippen LogP contribution in [0.25, 0.3) is 23.1 Å². The predicted octanol–water partition coefficient (Wildman–Crippen LogP) is 4.44. The predicted molar refractivity (Wildman–Crippen MR) is 110 cm³/mol. The summed E-state index contributed by atoms with van der Waals surface area (Å²) in [6.07, 6.45) is 3.77. The summed E-state index contributed by atoms with van der Waals surface area (Å²) in [6.45, 7) is 1.29. The van der Waals surface area contributed by atoms with E-state index in [2.05, 4.69) is 4.98 Å². The minimum atomic E-state index is -0.0655. The van der Waals surface area contributed by atoms with E-state index in [0.717, 1.165) is 12.1 Å². The Labute approximate surface area is 162 Å². The third-order valence-electron chi connectivity index (χ3n) is 4.01. The summed E-state index contributed by atoms with van der Waals surface area (Å²) < 4.78 is 1.70. The molecule has 0 saturated heterocycles. The van der Waals surface area contributed by atoms with Gasteiger partial charge in [-0.25, -0.2) is 4.98 Å². The molecule has 134 valence electrons. The van der Waals surface area contributed by atoms with Gasteiger partial charge in [0.2, 0.25) is 0 Å². The van der Waals surface area contributed by atoms with Gasteiger partial charge in [-0.2, -0.15) is 0 Å². The van der Waals surface area contributed by atoms with Crippen LogP contribution < -0.4 is 5.56 Å². The topological polar surface area (TPSA) is 38.1 Å². The molecular weight excluding hydrogens is 369 g/mol. The number of benzene rings is 2. The van der Waals surface area contributed by atoms with Crippen molar-refractivity contribution in [2.24, 2.45) is 0 Å². The second kappa shape index (κ2) is 8.04. The Morgan fingerprint density at radius 2 is 1.73 bits per heavy atom. The van der Waals surface area contributed by atoms with Gasteiger partial charge in [0.1, 0.15) is 5.82 Å². The van der Waals surface area contributed by atoms with E-state index in [4.69, 9.17) is 23.2 Å². The fourth-order valence-electron chi connectivity index (χ4n) is 2.60. The molecule has 3 rings (SSSR count). The lowest BCUT2D eigenvalue weighted by Gasteiger charge is -2.14. The van der Waals surface area contributed by atoms with Gasteiger partial charge in [-0.15, -0.1) is 0 Å². The van der Waals surface area contributed by atoms with Crippen molar-refractivity contribution in [1.29, 1.82) is 0 Å². The van der Waals surface area contributed by atoms with Crippen molar-refractivity contribution in [3.05, 3.63) is 74.3 Å². The van der Waals surface area contributed by atoms with Gasteiger partial charge in [-0.3, -0.25) is 9.36 Å². The summed E-state index contributed by atoms with van der Waals surface area (Å²) >= 11 is 12.0. The maximum absolute atomic E-state index is 12.9. The normalized spacial score (nSPS) is 11.7. The molecule has 0 unspecified atom stereocenters. The summed E-state index contributed by atoms with van der Waals surface area (Å²) in [7, 11) is 3.95. The van der Waals surface area contributed by atoms with Crippen LogP contribution in [0.1, 0.15) is 11.4 Å². The second-order valence-corrected chi connectivity index (χ2v) is 7.15. The lowest BCUT2D eigenvalue weighted by atomic mass is 10.2. The molecule has 6 heteroatoms. The molecule has 0 aliphatic carbocycles. The number of nitrogens with zero attached hydrogens (tertiary/aromatic N) is 3. The summed E-state index contributed by atoms with van der Waals surface area (Å²) in [5, 5.41) is 1.81. The third kappa shape index (κ3) is 4.33. The Bertz CT molecular complexity index is 1010. The quantitative estimate of drug-likeness (QED) is 0.649. The van der Waals surface area contributed by atoms with Crippen molar-refractivity contribution >= 4 is 46.3 Å². The molecule has 4 nitrogen and oxygen atoms in total. The molecule has 2 aromatic carbocycles. The van der Waals surface area contributed by atoms with E-state index in [-0.39, 0.29) is 5.56 Å². The zero-order chi connectivity index (χ0) is 18.7. The van der Waals surface area contributed by atoms with Crippen molar-refractivity contribution in [1.82, 2.24) is 14.5 Å². The van der Waals surface area contributed by atoms with E-state index >= 15 is 0 Å². The van der Waals surface area contributed by atoms with Crippen LogP contribution in [0, 0.1) is 0 Å². The fraction of sp³-hybridized carbons (Fsp3) is 0.200. The molecule has 0 amide bonds. The molecule has 0 bridgehead atoms. The molecule has 1 heterocycles. The van der Waals surface area contributed by atoms with Crippen molar-refractivity contribution in [3.8, 4) is 0 Å². The maximum Gasteiger partial charge on any atom is 0.261 e. The Morgan fingerprint density at radius 3 is 2.42 bits per heavy atom. The molecule has 1 aromatic heterocycles. The first-order chi connectivity index (χ1) is 12.4. The molecule has 26 heavy (non-hydrogen) atoms. The smallest absolute Gasteiger partial charge is 0.261 e. The van der Waals surface area contributed by atoms with Crippen LogP contribution >= 0.6 is 23.2 Å². The second-order valence-electron chi connectivity index (χ2n) is 6.28. The van der Waals surface area contributed by atoms with Gasteiger partial charge < -0.3 is 4.90 Å². The van der Waals surface area contributed by atoms with Crippen LogP contribution in [-0.4, -0.2) is 35.1 Å². The highest BCUT2D eigenvalue weighted by Gasteiger charge is 2.10. The van der Waals surface area contributed by atoms with Crippen molar-refractivity contribution in [2.75, 3.05) is 20.6 Å². The number of halogens is 2. The average molecular weight is 388 g/mol. The minimum Gasteiger partial charge on any atom is -0.308 e. The molecule has 0 spiro atoms. The monoisotopic (exact) mass is 387 g/mol. The summed E-state index contributed by atoms with van der Waals surface area (Å²) in [4.78, 5) is 19.6.